The minimum absolute atomic E-state index is 0.0619. The van der Waals surface area contributed by atoms with Crippen molar-refractivity contribution in [3.8, 4) is 5.75 Å². The van der Waals surface area contributed by atoms with Crippen LogP contribution in [0.15, 0.2) is 41.5 Å². The lowest BCUT2D eigenvalue weighted by atomic mass is 10.1. The second-order valence-electron chi connectivity index (χ2n) is 7.94. The summed E-state index contributed by atoms with van der Waals surface area (Å²) in [6.45, 7) is 5.76. The van der Waals surface area contributed by atoms with Gasteiger partial charge in [0.1, 0.15) is 16.9 Å². The lowest BCUT2D eigenvalue weighted by Crippen LogP contribution is -2.36. The highest BCUT2D eigenvalue weighted by molar-refractivity contribution is 5.99. The Morgan fingerprint density at radius 1 is 1.00 bits per heavy atom. The SMILES string of the molecule is COCCCNC(=O)c1cn(Cc2ccccc2OC)cc(C(=O)NCCC(C)C)c1=O. The van der Waals surface area contributed by atoms with Crippen LogP contribution in [0, 0.1) is 5.92 Å². The lowest BCUT2D eigenvalue weighted by Gasteiger charge is -2.14. The first-order chi connectivity index (χ1) is 15.4. The highest BCUT2D eigenvalue weighted by Crippen LogP contribution is 2.18. The van der Waals surface area contributed by atoms with Crippen LogP contribution in [0.2, 0.25) is 0 Å². The van der Waals surface area contributed by atoms with Crippen molar-refractivity contribution in [1.82, 2.24) is 15.2 Å². The molecule has 174 valence electrons. The number of nitrogens with one attached hydrogen (secondary N) is 2. The topological polar surface area (TPSA) is 98.7 Å². The molecule has 1 aromatic carbocycles. The average molecular weight is 444 g/mol. The average Bonchev–Trinajstić information content (AvgIpc) is 2.77. The number of ether oxygens (including phenoxy) is 2. The molecule has 0 aliphatic rings. The summed E-state index contributed by atoms with van der Waals surface area (Å²) in [6.07, 6.45) is 4.38. The van der Waals surface area contributed by atoms with Gasteiger partial charge in [-0.05, 0) is 24.8 Å². The summed E-state index contributed by atoms with van der Waals surface area (Å²) in [5.74, 6) is 0.0941. The normalized spacial score (nSPS) is 10.8. The van der Waals surface area contributed by atoms with Gasteiger partial charge in [0.05, 0.1) is 13.7 Å². The first kappa shape index (κ1) is 25.1. The van der Waals surface area contributed by atoms with E-state index in [1.807, 2.05) is 24.3 Å². The molecule has 0 aliphatic heterocycles. The number of aromatic nitrogens is 1. The van der Waals surface area contributed by atoms with Gasteiger partial charge in [0.15, 0.2) is 0 Å². The first-order valence-electron chi connectivity index (χ1n) is 10.8. The first-order valence-corrected chi connectivity index (χ1v) is 10.8. The fraction of sp³-hybridized carbons (Fsp3) is 0.458. The maximum Gasteiger partial charge on any atom is 0.256 e. The van der Waals surface area contributed by atoms with E-state index in [4.69, 9.17) is 9.47 Å². The van der Waals surface area contributed by atoms with Crippen molar-refractivity contribution in [2.45, 2.75) is 33.2 Å². The number of hydrogen-bond acceptors (Lipinski definition) is 5. The Hall–Kier alpha value is -3.13. The molecule has 1 aromatic heterocycles. The Balaban J connectivity index is 2.36. The Morgan fingerprint density at radius 3 is 2.22 bits per heavy atom. The number of hydrogen-bond donors (Lipinski definition) is 2. The molecule has 2 aromatic rings. The largest absolute Gasteiger partial charge is 0.496 e. The van der Waals surface area contributed by atoms with Gasteiger partial charge in [-0.2, -0.15) is 0 Å². The third-order valence-corrected chi connectivity index (χ3v) is 4.93. The van der Waals surface area contributed by atoms with Gasteiger partial charge in [0.2, 0.25) is 5.43 Å². The van der Waals surface area contributed by atoms with Crippen LogP contribution >= 0.6 is 0 Å². The van der Waals surface area contributed by atoms with E-state index in [0.29, 0.717) is 44.3 Å². The third-order valence-electron chi connectivity index (χ3n) is 4.93. The predicted molar refractivity (Wildman–Crippen MR) is 123 cm³/mol. The number of carbonyl (C=O) groups is 2. The van der Waals surface area contributed by atoms with Crippen molar-refractivity contribution < 1.29 is 19.1 Å². The Kier molecular flexibility index (Phi) is 9.94. The number of amides is 2. The van der Waals surface area contributed by atoms with E-state index >= 15 is 0 Å². The van der Waals surface area contributed by atoms with Crippen molar-refractivity contribution in [2.24, 2.45) is 5.92 Å². The van der Waals surface area contributed by atoms with Crippen LogP contribution in [0.5, 0.6) is 5.75 Å². The number of nitrogens with zero attached hydrogens (tertiary/aromatic N) is 1. The second kappa shape index (κ2) is 12.7. The predicted octanol–water partition coefficient (Wildman–Crippen LogP) is 2.45. The van der Waals surface area contributed by atoms with E-state index < -0.39 is 17.2 Å². The van der Waals surface area contributed by atoms with E-state index in [1.165, 1.54) is 12.4 Å². The third kappa shape index (κ3) is 7.23. The molecule has 2 N–H and O–H groups in total. The molecular formula is C24H33N3O5. The van der Waals surface area contributed by atoms with Crippen molar-refractivity contribution in [1.29, 1.82) is 0 Å². The maximum absolute atomic E-state index is 13.0. The summed E-state index contributed by atoms with van der Waals surface area (Å²) in [5.41, 5.74) is 0.130. The second-order valence-corrected chi connectivity index (χ2v) is 7.94. The molecule has 2 amide bonds. The van der Waals surface area contributed by atoms with Crippen LogP contribution in [0.4, 0.5) is 0 Å². The van der Waals surface area contributed by atoms with E-state index in [1.54, 1.807) is 18.8 Å². The van der Waals surface area contributed by atoms with Gasteiger partial charge in [0, 0.05) is 44.8 Å². The van der Waals surface area contributed by atoms with Crippen molar-refractivity contribution in [2.75, 3.05) is 33.9 Å². The Bertz CT molecular complexity index is 968. The number of benzene rings is 1. The summed E-state index contributed by atoms with van der Waals surface area (Å²) >= 11 is 0. The zero-order chi connectivity index (χ0) is 23.5. The van der Waals surface area contributed by atoms with Crippen LogP contribution < -0.4 is 20.8 Å². The van der Waals surface area contributed by atoms with Crippen LogP contribution in [0.1, 0.15) is 53.0 Å². The molecule has 8 nitrogen and oxygen atoms in total. The van der Waals surface area contributed by atoms with Crippen LogP contribution in [0.3, 0.4) is 0 Å². The number of carbonyl (C=O) groups excluding carboxylic acids is 2. The molecule has 1 heterocycles. The molecule has 0 atom stereocenters. The number of para-hydroxylation sites is 1. The zero-order valence-corrected chi connectivity index (χ0v) is 19.3. The van der Waals surface area contributed by atoms with Crippen molar-refractivity contribution in [3.63, 3.8) is 0 Å². The molecule has 8 heteroatoms. The summed E-state index contributed by atoms with van der Waals surface area (Å²) in [5, 5.41) is 5.51. The Labute approximate surface area is 188 Å². The van der Waals surface area contributed by atoms with Crippen LogP contribution in [0.25, 0.3) is 0 Å². The number of rotatable bonds is 12. The fourth-order valence-electron chi connectivity index (χ4n) is 3.16. The fourth-order valence-corrected chi connectivity index (χ4v) is 3.16. The van der Waals surface area contributed by atoms with E-state index in [0.717, 1.165) is 12.0 Å². The van der Waals surface area contributed by atoms with E-state index in [9.17, 15) is 14.4 Å². The quantitative estimate of drug-likeness (QED) is 0.491. The van der Waals surface area contributed by atoms with E-state index in [2.05, 4.69) is 24.5 Å². The van der Waals surface area contributed by atoms with Gasteiger partial charge in [-0.25, -0.2) is 0 Å². The molecule has 2 rings (SSSR count). The van der Waals surface area contributed by atoms with Gasteiger partial charge in [0.25, 0.3) is 11.8 Å². The van der Waals surface area contributed by atoms with Crippen molar-refractivity contribution in [3.05, 3.63) is 63.6 Å². The molecule has 0 fully saturated rings. The molecule has 0 saturated carbocycles. The number of pyridine rings is 1. The molecule has 0 aliphatic carbocycles. The van der Waals surface area contributed by atoms with Gasteiger partial charge in [-0.1, -0.05) is 32.0 Å². The number of methoxy groups -OCH3 is 2. The molecule has 32 heavy (non-hydrogen) atoms. The summed E-state index contributed by atoms with van der Waals surface area (Å²) in [6, 6.07) is 7.47. The zero-order valence-electron chi connectivity index (χ0n) is 19.3. The standard InChI is InChI=1S/C24H33N3O5/c1-17(2)10-12-26-24(30)20-16-27(14-18-8-5-6-9-21(18)32-4)15-19(22(20)28)23(29)25-11-7-13-31-3/h5-6,8-9,15-17H,7,10-14H2,1-4H3,(H,25,29)(H,26,30). The minimum Gasteiger partial charge on any atom is -0.496 e. The summed E-state index contributed by atoms with van der Waals surface area (Å²) in [4.78, 5) is 38.4. The molecule has 0 unspecified atom stereocenters. The molecule has 0 spiro atoms. The van der Waals surface area contributed by atoms with Crippen LogP contribution in [-0.2, 0) is 11.3 Å². The minimum atomic E-state index is -0.590. The smallest absolute Gasteiger partial charge is 0.256 e. The highest BCUT2D eigenvalue weighted by atomic mass is 16.5. The molecule has 0 saturated heterocycles. The van der Waals surface area contributed by atoms with Crippen molar-refractivity contribution >= 4 is 11.8 Å². The molecule has 0 bridgehead atoms. The van der Waals surface area contributed by atoms with E-state index in [-0.39, 0.29) is 11.1 Å². The monoisotopic (exact) mass is 443 g/mol. The lowest BCUT2D eigenvalue weighted by molar-refractivity contribution is 0.0946. The van der Waals surface area contributed by atoms with Crippen LogP contribution in [-0.4, -0.2) is 50.3 Å². The highest BCUT2D eigenvalue weighted by Gasteiger charge is 2.19. The van der Waals surface area contributed by atoms with Gasteiger partial charge < -0.3 is 24.7 Å². The maximum atomic E-state index is 13.0. The molecular weight excluding hydrogens is 410 g/mol. The Morgan fingerprint density at radius 2 is 1.62 bits per heavy atom. The summed E-state index contributed by atoms with van der Waals surface area (Å²) in [7, 11) is 3.16. The molecule has 0 radical (unpaired) electrons. The summed E-state index contributed by atoms with van der Waals surface area (Å²) < 4.78 is 12.1. The van der Waals surface area contributed by atoms with Gasteiger partial charge >= 0.3 is 0 Å². The van der Waals surface area contributed by atoms with Gasteiger partial charge in [-0.3, -0.25) is 14.4 Å². The van der Waals surface area contributed by atoms with Gasteiger partial charge in [-0.15, -0.1) is 0 Å².